The normalized spacial score (nSPS) is 15.8. The zero-order valence-electron chi connectivity index (χ0n) is 10.8. The molecule has 1 atom stereocenters. The standard InChI is InChI=1S/C15H14N2O3/c18-9-17(11-6-7-11)14(15(19)20)12-5-1-3-10-4-2-8-16-13(10)12/h1-5,8-9,11,14H,6-7H2,(H,19,20). The number of para-hydroxylation sites is 1. The second-order valence-electron chi connectivity index (χ2n) is 4.95. The minimum atomic E-state index is -1.03. The Hall–Kier alpha value is -2.43. The highest BCUT2D eigenvalue weighted by atomic mass is 16.4. The van der Waals surface area contributed by atoms with Gasteiger partial charge in [0.1, 0.15) is 0 Å². The molecule has 5 heteroatoms. The molecule has 20 heavy (non-hydrogen) atoms. The lowest BCUT2D eigenvalue weighted by Crippen LogP contribution is -2.35. The van der Waals surface area contributed by atoms with Crippen LogP contribution >= 0.6 is 0 Å². The summed E-state index contributed by atoms with van der Waals surface area (Å²) in [7, 11) is 0. The third-order valence-electron chi connectivity index (χ3n) is 3.58. The summed E-state index contributed by atoms with van der Waals surface area (Å²) in [4.78, 5) is 28.6. The van der Waals surface area contributed by atoms with Crippen LogP contribution in [0.1, 0.15) is 24.4 Å². The summed E-state index contributed by atoms with van der Waals surface area (Å²) in [5.41, 5.74) is 1.20. The predicted molar refractivity (Wildman–Crippen MR) is 73.0 cm³/mol. The number of benzene rings is 1. The van der Waals surface area contributed by atoms with Gasteiger partial charge in [0.15, 0.2) is 6.04 Å². The first-order chi connectivity index (χ1) is 9.72. The first-order valence-corrected chi connectivity index (χ1v) is 6.51. The molecular weight excluding hydrogens is 256 g/mol. The Balaban J connectivity index is 2.14. The third-order valence-corrected chi connectivity index (χ3v) is 3.58. The zero-order valence-corrected chi connectivity index (χ0v) is 10.8. The lowest BCUT2D eigenvalue weighted by atomic mass is 10.0. The van der Waals surface area contributed by atoms with Crippen molar-refractivity contribution in [3.8, 4) is 0 Å². The summed E-state index contributed by atoms with van der Waals surface area (Å²) in [6, 6.07) is 8.16. The van der Waals surface area contributed by atoms with E-state index in [1.54, 1.807) is 24.4 Å². The van der Waals surface area contributed by atoms with Gasteiger partial charge in [0.05, 0.1) is 5.52 Å². The molecule has 0 saturated heterocycles. The van der Waals surface area contributed by atoms with E-state index < -0.39 is 12.0 Å². The van der Waals surface area contributed by atoms with E-state index in [1.165, 1.54) is 4.90 Å². The molecular formula is C15H14N2O3. The van der Waals surface area contributed by atoms with Gasteiger partial charge in [0, 0.05) is 23.2 Å². The summed E-state index contributed by atoms with van der Waals surface area (Å²) < 4.78 is 0. The summed E-state index contributed by atoms with van der Waals surface area (Å²) >= 11 is 0. The maximum Gasteiger partial charge on any atom is 0.331 e. The molecule has 1 fully saturated rings. The third kappa shape index (κ3) is 2.11. The summed E-state index contributed by atoms with van der Waals surface area (Å²) in [5.74, 6) is -1.03. The molecule has 0 radical (unpaired) electrons. The van der Waals surface area contributed by atoms with Crippen LogP contribution in [0.5, 0.6) is 0 Å². The lowest BCUT2D eigenvalue weighted by Gasteiger charge is -2.25. The number of carbonyl (C=O) groups is 2. The molecule has 1 N–H and O–H groups in total. The number of carbonyl (C=O) groups excluding carboxylic acids is 1. The Labute approximate surface area is 115 Å². The maximum atomic E-state index is 11.6. The van der Waals surface area contributed by atoms with Gasteiger partial charge in [-0.1, -0.05) is 24.3 Å². The van der Waals surface area contributed by atoms with Crippen molar-refractivity contribution in [2.24, 2.45) is 0 Å². The van der Waals surface area contributed by atoms with Gasteiger partial charge in [0.2, 0.25) is 6.41 Å². The number of amides is 1. The van der Waals surface area contributed by atoms with Crippen molar-refractivity contribution in [1.29, 1.82) is 0 Å². The fourth-order valence-corrected chi connectivity index (χ4v) is 2.50. The van der Waals surface area contributed by atoms with Crippen LogP contribution in [0.4, 0.5) is 0 Å². The Bertz CT molecular complexity index is 662. The Morgan fingerprint density at radius 3 is 2.75 bits per heavy atom. The average molecular weight is 270 g/mol. The van der Waals surface area contributed by atoms with E-state index in [0.29, 0.717) is 17.5 Å². The molecule has 1 saturated carbocycles. The molecule has 1 aromatic carbocycles. The number of aliphatic carboxylic acids is 1. The second kappa shape index (κ2) is 4.92. The fraction of sp³-hybridized carbons (Fsp3) is 0.267. The van der Waals surface area contributed by atoms with Crippen LogP contribution in [-0.4, -0.2) is 33.4 Å². The van der Waals surface area contributed by atoms with E-state index in [2.05, 4.69) is 4.98 Å². The van der Waals surface area contributed by atoms with Crippen LogP contribution in [0.25, 0.3) is 10.9 Å². The van der Waals surface area contributed by atoms with Gasteiger partial charge in [-0.15, -0.1) is 0 Å². The Morgan fingerprint density at radius 2 is 2.10 bits per heavy atom. The largest absolute Gasteiger partial charge is 0.479 e. The minimum Gasteiger partial charge on any atom is -0.479 e. The molecule has 102 valence electrons. The SMILES string of the molecule is O=CN(C1CC1)C(C(=O)O)c1cccc2cccnc12. The van der Waals surface area contributed by atoms with Gasteiger partial charge >= 0.3 is 5.97 Å². The molecule has 1 aliphatic rings. The van der Waals surface area contributed by atoms with E-state index in [1.807, 2.05) is 12.1 Å². The number of carboxylic acid groups (broad SMARTS) is 1. The minimum absolute atomic E-state index is 0.0348. The van der Waals surface area contributed by atoms with Crippen LogP contribution in [0.2, 0.25) is 0 Å². The molecule has 1 aromatic heterocycles. The number of carboxylic acids is 1. The van der Waals surface area contributed by atoms with Gasteiger partial charge in [-0.3, -0.25) is 9.78 Å². The van der Waals surface area contributed by atoms with E-state index >= 15 is 0 Å². The average Bonchev–Trinajstić information content (AvgIpc) is 3.28. The maximum absolute atomic E-state index is 11.6. The summed E-state index contributed by atoms with van der Waals surface area (Å²) in [5, 5.41) is 10.4. The smallest absolute Gasteiger partial charge is 0.331 e. The molecule has 0 spiro atoms. The fourth-order valence-electron chi connectivity index (χ4n) is 2.50. The zero-order chi connectivity index (χ0) is 14.1. The molecule has 3 rings (SSSR count). The number of aromatic nitrogens is 1. The quantitative estimate of drug-likeness (QED) is 0.843. The lowest BCUT2D eigenvalue weighted by molar-refractivity contribution is -0.147. The molecule has 5 nitrogen and oxygen atoms in total. The Morgan fingerprint density at radius 1 is 1.35 bits per heavy atom. The topological polar surface area (TPSA) is 70.5 Å². The number of hydrogen-bond acceptors (Lipinski definition) is 3. The van der Waals surface area contributed by atoms with Gasteiger partial charge in [-0.25, -0.2) is 4.79 Å². The molecule has 1 aliphatic carbocycles. The summed E-state index contributed by atoms with van der Waals surface area (Å²) in [6.07, 6.45) is 3.99. The molecule has 2 aromatic rings. The van der Waals surface area contributed by atoms with Crippen molar-refractivity contribution >= 4 is 23.3 Å². The van der Waals surface area contributed by atoms with Crippen molar-refractivity contribution in [2.45, 2.75) is 24.9 Å². The number of rotatable bonds is 5. The number of nitrogens with zero attached hydrogens (tertiary/aromatic N) is 2. The molecule has 1 heterocycles. The number of pyridine rings is 1. The molecule has 1 amide bonds. The van der Waals surface area contributed by atoms with Crippen LogP contribution in [0.15, 0.2) is 36.5 Å². The van der Waals surface area contributed by atoms with Gasteiger partial charge in [-0.2, -0.15) is 0 Å². The van der Waals surface area contributed by atoms with Crippen LogP contribution in [-0.2, 0) is 9.59 Å². The van der Waals surface area contributed by atoms with E-state index in [-0.39, 0.29) is 6.04 Å². The molecule has 1 unspecified atom stereocenters. The van der Waals surface area contributed by atoms with Crippen LogP contribution < -0.4 is 0 Å². The van der Waals surface area contributed by atoms with E-state index in [0.717, 1.165) is 18.2 Å². The number of fused-ring (bicyclic) bond motifs is 1. The number of hydrogen-bond donors (Lipinski definition) is 1. The Kier molecular flexibility index (Phi) is 3.10. The van der Waals surface area contributed by atoms with Gasteiger partial charge in [0.25, 0.3) is 0 Å². The monoisotopic (exact) mass is 270 g/mol. The molecule has 0 aliphatic heterocycles. The highest BCUT2D eigenvalue weighted by Gasteiger charge is 2.38. The summed E-state index contributed by atoms with van der Waals surface area (Å²) in [6.45, 7) is 0. The van der Waals surface area contributed by atoms with Gasteiger partial charge in [-0.05, 0) is 18.9 Å². The van der Waals surface area contributed by atoms with E-state index in [9.17, 15) is 14.7 Å². The van der Waals surface area contributed by atoms with Crippen LogP contribution in [0, 0.1) is 0 Å². The highest BCUT2D eigenvalue weighted by molar-refractivity contribution is 5.88. The van der Waals surface area contributed by atoms with Crippen molar-refractivity contribution in [3.05, 3.63) is 42.1 Å². The van der Waals surface area contributed by atoms with Crippen molar-refractivity contribution < 1.29 is 14.7 Å². The van der Waals surface area contributed by atoms with Crippen molar-refractivity contribution in [1.82, 2.24) is 9.88 Å². The van der Waals surface area contributed by atoms with E-state index in [4.69, 9.17) is 0 Å². The first-order valence-electron chi connectivity index (χ1n) is 6.51. The second-order valence-corrected chi connectivity index (χ2v) is 4.95. The van der Waals surface area contributed by atoms with Gasteiger partial charge < -0.3 is 10.0 Å². The van der Waals surface area contributed by atoms with Crippen molar-refractivity contribution in [2.75, 3.05) is 0 Å². The van der Waals surface area contributed by atoms with Crippen LogP contribution in [0.3, 0.4) is 0 Å². The van der Waals surface area contributed by atoms with Crippen molar-refractivity contribution in [3.63, 3.8) is 0 Å². The highest BCUT2D eigenvalue weighted by Crippen LogP contribution is 2.35. The predicted octanol–water partition coefficient (Wildman–Crippen LogP) is 1.98. The molecule has 0 bridgehead atoms. The first kappa shape index (κ1) is 12.6.